The summed E-state index contributed by atoms with van der Waals surface area (Å²) in [6.45, 7) is 1.75. The molecule has 0 saturated heterocycles. The zero-order chi connectivity index (χ0) is 30.0. The van der Waals surface area contributed by atoms with Gasteiger partial charge in [-0.25, -0.2) is 14.8 Å². The van der Waals surface area contributed by atoms with Crippen LogP contribution in [0.2, 0.25) is 5.02 Å². The molecule has 0 unspecified atom stereocenters. The molecule has 9 nitrogen and oxygen atoms in total. The molecule has 0 aliphatic heterocycles. The second kappa shape index (κ2) is 15.5. The van der Waals surface area contributed by atoms with Gasteiger partial charge in [-0.15, -0.1) is 0 Å². The second-order valence-electron chi connectivity index (χ2n) is 12.1. The summed E-state index contributed by atoms with van der Waals surface area (Å²) in [7, 11) is 1.98. The van der Waals surface area contributed by atoms with E-state index in [-0.39, 0.29) is 18.2 Å². The number of unbranched alkanes of at least 4 members (excludes halogenated alkanes) is 4. The monoisotopic (exact) mass is 607 g/mol. The number of benzene rings is 1. The van der Waals surface area contributed by atoms with Crippen LogP contribution in [0, 0.1) is 5.92 Å². The highest BCUT2D eigenvalue weighted by Crippen LogP contribution is 2.37. The number of ether oxygens (including phenoxy) is 1. The van der Waals surface area contributed by atoms with E-state index in [1.54, 1.807) is 6.20 Å². The lowest BCUT2D eigenvalue weighted by atomic mass is 9.90. The number of halogens is 1. The number of anilines is 1. The molecular weight excluding hydrogens is 562 g/mol. The highest BCUT2D eigenvalue weighted by molar-refractivity contribution is 6.32. The lowest BCUT2D eigenvalue weighted by Crippen LogP contribution is -2.44. The smallest absolute Gasteiger partial charge is 0.410 e. The van der Waals surface area contributed by atoms with Gasteiger partial charge in [0.2, 0.25) is 5.95 Å². The predicted molar refractivity (Wildman–Crippen MR) is 171 cm³/mol. The van der Waals surface area contributed by atoms with Crippen molar-refractivity contribution in [2.24, 2.45) is 18.7 Å². The summed E-state index contributed by atoms with van der Waals surface area (Å²) >= 11 is 6.59. The molecule has 43 heavy (non-hydrogen) atoms. The molecule has 0 atom stereocenters. The number of carbonyl (C=O) groups is 1. The van der Waals surface area contributed by atoms with Gasteiger partial charge in [0.15, 0.2) is 0 Å². The number of carbonyl (C=O) groups excluding carboxylic acids is 1. The molecule has 2 saturated carbocycles. The summed E-state index contributed by atoms with van der Waals surface area (Å²) in [5.41, 5.74) is 9.54. The van der Waals surface area contributed by atoms with Crippen molar-refractivity contribution < 1.29 is 9.53 Å². The Morgan fingerprint density at radius 3 is 2.53 bits per heavy atom. The normalized spacial score (nSPS) is 18.4. The molecule has 0 radical (unpaired) electrons. The van der Waals surface area contributed by atoms with E-state index in [4.69, 9.17) is 27.1 Å². The summed E-state index contributed by atoms with van der Waals surface area (Å²) in [6.07, 6.45) is 15.9. The fraction of sp³-hybridized carbons (Fsp3) is 0.576. The van der Waals surface area contributed by atoms with Crippen molar-refractivity contribution in [2.45, 2.75) is 95.7 Å². The highest BCUT2D eigenvalue weighted by atomic mass is 35.5. The van der Waals surface area contributed by atoms with Crippen LogP contribution in [-0.4, -0.2) is 55.9 Å². The van der Waals surface area contributed by atoms with E-state index in [9.17, 15) is 4.79 Å². The van der Waals surface area contributed by atoms with Crippen LogP contribution in [0.3, 0.4) is 0 Å². The van der Waals surface area contributed by atoms with Crippen LogP contribution in [0.15, 0.2) is 42.7 Å². The summed E-state index contributed by atoms with van der Waals surface area (Å²) in [5.74, 6) is 1.31. The standard InChI is InChI=1S/C33H46ClN7O2/c1-40-30(20-24-12-13-24)28(21-37-40)31-29(34)22-36-32(39-31)38-26-14-16-27(17-15-26)41(19-9-4-2-3-8-18-35)33(42)43-23-25-10-6-5-7-11-25/h5-7,10-11,21-22,24,26-27H,2-4,8-9,12-20,23,35H2,1H3,(H,36,38,39). The van der Waals surface area contributed by atoms with Crippen molar-refractivity contribution in [3.63, 3.8) is 0 Å². The first-order valence-corrected chi connectivity index (χ1v) is 16.4. The first-order chi connectivity index (χ1) is 21.0. The quantitative estimate of drug-likeness (QED) is 0.184. The summed E-state index contributed by atoms with van der Waals surface area (Å²) in [5, 5.41) is 8.59. The van der Waals surface area contributed by atoms with Crippen LogP contribution in [0.1, 0.15) is 81.9 Å². The van der Waals surface area contributed by atoms with Crippen molar-refractivity contribution in [3.8, 4) is 11.3 Å². The largest absolute Gasteiger partial charge is 0.445 e. The predicted octanol–water partition coefficient (Wildman–Crippen LogP) is 6.75. The maximum absolute atomic E-state index is 13.3. The van der Waals surface area contributed by atoms with Crippen LogP contribution in [0.25, 0.3) is 11.3 Å². The van der Waals surface area contributed by atoms with Gasteiger partial charge in [0.25, 0.3) is 0 Å². The molecule has 2 aromatic heterocycles. The molecule has 2 aliphatic carbocycles. The first kappa shape index (κ1) is 31.3. The lowest BCUT2D eigenvalue weighted by Gasteiger charge is -2.36. The number of rotatable bonds is 15. The SMILES string of the molecule is Cn1ncc(-c2nc(NC3CCC(N(CCCCCCCN)C(=O)OCc4ccccc4)CC3)ncc2Cl)c1CC1CC1. The van der Waals surface area contributed by atoms with Gasteiger partial charge in [-0.2, -0.15) is 5.10 Å². The Kier molecular flexibility index (Phi) is 11.3. The minimum Gasteiger partial charge on any atom is -0.445 e. The zero-order valence-electron chi connectivity index (χ0n) is 25.4. The Morgan fingerprint density at radius 1 is 1.05 bits per heavy atom. The van der Waals surface area contributed by atoms with Crippen molar-refractivity contribution in [3.05, 3.63) is 59.0 Å². The Bertz CT molecular complexity index is 1310. The Morgan fingerprint density at radius 2 is 1.79 bits per heavy atom. The number of aromatic nitrogens is 4. The van der Waals surface area contributed by atoms with Gasteiger partial charge in [0, 0.05) is 36.9 Å². The Labute approximate surface area is 260 Å². The number of hydrogen-bond acceptors (Lipinski definition) is 7. The minimum absolute atomic E-state index is 0.160. The highest BCUT2D eigenvalue weighted by Gasteiger charge is 2.30. The van der Waals surface area contributed by atoms with E-state index in [0.717, 1.165) is 100 Å². The van der Waals surface area contributed by atoms with Gasteiger partial charge in [-0.1, -0.05) is 61.2 Å². The topological polar surface area (TPSA) is 111 Å². The molecule has 1 aromatic carbocycles. The first-order valence-electron chi connectivity index (χ1n) is 16.0. The van der Waals surface area contributed by atoms with Crippen molar-refractivity contribution >= 4 is 23.6 Å². The van der Waals surface area contributed by atoms with Gasteiger partial charge < -0.3 is 20.7 Å². The van der Waals surface area contributed by atoms with Crippen molar-refractivity contribution in [1.82, 2.24) is 24.6 Å². The third-order valence-electron chi connectivity index (χ3n) is 8.75. The Hall–Kier alpha value is -3.17. The fourth-order valence-electron chi connectivity index (χ4n) is 6.02. The molecule has 0 spiro atoms. The molecule has 5 rings (SSSR count). The Balaban J connectivity index is 1.18. The van der Waals surface area contributed by atoms with Crippen molar-refractivity contribution in [1.29, 1.82) is 0 Å². The molecule has 2 fully saturated rings. The van der Waals surface area contributed by atoms with Crippen LogP contribution in [-0.2, 0) is 24.8 Å². The average Bonchev–Trinajstić information content (AvgIpc) is 3.78. The summed E-state index contributed by atoms with van der Waals surface area (Å²) in [4.78, 5) is 24.6. The van der Waals surface area contributed by atoms with E-state index in [2.05, 4.69) is 15.4 Å². The molecule has 2 aliphatic rings. The van der Waals surface area contributed by atoms with Crippen LogP contribution >= 0.6 is 11.6 Å². The summed E-state index contributed by atoms with van der Waals surface area (Å²) in [6, 6.07) is 10.3. The number of nitrogens with two attached hydrogens (primary N) is 1. The number of aryl methyl sites for hydroxylation is 1. The average molecular weight is 608 g/mol. The number of nitrogens with one attached hydrogen (secondary N) is 1. The minimum atomic E-state index is -0.216. The molecular formula is C33H46ClN7O2. The van der Waals surface area contributed by atoms with Crippen molar-refractivity contribution in [2.75, 3.05) is 18.4 Å². The second-order valence-corrected chi connectivity index (χ2v) is 12.5. The zero-order valence-corrected chi connectivity index (χ0v) is 26.1. The number of amides is 1. The van der Waals surface area contributed by atoms with E-state index < -0.39 is 0 Å². The van der Waals surface area contributed by atoms with Gasteiger partial charge in [-0.3, -0.25) is 4.68 Å². The molecule has 232 valence electrons. The molecule has 2 heterocycles. The number of nitrogens with zero attached hydrogens (tertiary/aromatic N) is 5. The fourth-order valence-corrected chi connectivity index (χ4v) is 6.21. The maximum atomic E-state index is 13.3. The summed E-state index contributed by atoms with van der Waals surface area (Å²) < 4.78 is 7.72. The van der Waals surface area contributed by atoms with E-state index in [0.29, 0.717) is 17.6 Å². The third-order valence-corrected chi connectivity index (χ3v) is 9.03. The lowest BCUT2D eigenvalue weighted by molar-refractivity contribution is 0.0700. The molecule has 0 bridgehead atoms. The molecule has 10 heteroatoms. The van der Waals surface area contributed by atoms with E-state index in [1.807, 2.05) is 53.2 Å². The maximum Gasteiger partial charge on any atom is 0.410 e. The molecule has 1 amide bonds. The van der Waals surface area contributed by atoms with E-state index >= 15 is 0 Å². The van der Waals surface area contributed by atoms with Gasteiger partial charge in [-0.05, 0) is 75.8 Å². The molecule has 3 N–H and O–H groups in total. The van der Waals surface area contributed by atoms with Gasteiger partial charge in [0.05, 0.1) is 23.1 Å². The molecule has 3 aromatic rings. The third kappa shape index (κ3) is 8.92. The van der Waals surface area contributed by atoms with Crippen LogP contribution in [0.5, 0.6) is 0 Å². The van der Waals surface area contributed by atoms with Crippen LogP contribution in [0.4, 0.5) is 10.7 Å². The number of hydrogen-bond donors (Lipinski definition) is 2. The van der Waals surface area contributed by atoms with Gasteiger partial charge in [0.1, 0.15) is 6.61 Å². The van der Waals surface area contributed by atoms with E-state index in [1.165, 1.54) is 18.5 Å². The van der Waals surface area contributed by atoms with Crippen LogP contribution < -0.4 is 11.1 Å². The van der Waals surface area contributed by atoms with Gasteiger partial charge >= 0.3 is 6.09 Å².